The van der Waals surface area contributed by atoms with Gasteiger partial charge in [-0.3, -0.25) is 14.3 Å². The van der Waals surface area contributed by atoms with E-state index in [1.165, 1.54) is 19.3 Å². The standard InChI is InChI=1S/C25H36N4O3/c1-18(2)13-14-28-23(30)21-16-20(22-12-9-15-32-22)27-29(21)17-25(28,3)24(31)26-19-10-7-5-4-6-8-11-19/h9,12,15-16,18-19H,4-8,10-11,13-14,17H2,1-3H3,(H,26,31)/t25-/m0/s1. The van der Waals surface area contributed by atoms with Gasteiger partial charge in [-0.2, -0.15) is 5.10 Å². The Morgan fingerprint density at radius 2 is 1.97 bits per heavy atom. The number of furan rings is 1. The molecule has 2 aliphatic rings. The fraction of sp³-hybridized carbons (Fsp3) is 0.640. The number of amides is 2. The molecule has 1 fully saturated rings. The average molecular weight is 441 g/mol. The van der Waals surface area contributed by atoms with Crippen molar-refractivity contribution in [3.8, 4) is 11.5 Å². The van der Waals surface area contributed by atoms with Gasteiger partial charge < -0.3 is 14.6 Å². The normalized spacial score (nSPS) is 22.5. The quantitative estimate of drug-likeness (QED) is 0.710. The van der Waals surface area contributed by atoms with Gasteiger partial charge in [0.2, 0.25) is 5.91 Å². The van der Waals surface area contributed by atoms with E-state index in [-0.39, 0.29) is 17.9 Å². The van der Waals surface area contributed by atoms with E-state index in [2.05, 4.69) is 24.3 Å². The molecule has 0 aromatic carbocycles. The van der Waals surface area contributed by atoms with E-state index < -0.39 is 5.54 Å². The van der Waals surface area contributed by atoms with Gasteiger partial charge in [0.1, 0.15) is 16.9 Å². The molecular formula is C25H36N4O3. The van der Waals surface area contributed by atoms with E-state index in [4.69, 9.17) is 4.42 Å². The number of aromatic nitrogens is 2. The van der Waals surface area contributed by atoms with Gasteiger partial charge >= 0.3 is 0 Å². The lowest BCUT2D eigenvalue weighted by molar-refractivity contribution is -0.134. The highest BCUT2D eigenvalue weighted by atomic mass is 16.3. The molecule has 7 heteroatoms. The van der Waals surface area contributed by atoms with Crippen molar-refractivity contribution < 1.29 is 14.0 Å². The highest BCUT2D eigenvalue weighted by Gasteiger charge is 2.48. The first-order valence-electron chi connectivity index (χ1n) is 12.1. The fourth-order valence-corrected chi connectivity index (χ4v) is 4.86. The van der Waals surface area contributed by atoms with Crippen molar-refractivity contribution >= 4 is 11.8 Å². The van der Waals surface area contributed by atoms with Crippen LogP contribution in [0.2, 0.25) is 0 Å². The molecule has 1 aliphatic heterocycles. The summed E-state index contributed by atoms with van der Waals surface area (Å²) >= 11 is 0. The Bertz CT molecular complexity index is 925. The Morgan fingerprint density at radius 3 is 2.62 bits per heavy atom. The summed E-state index contributed by atoms with van der Waals surface area (Å²) in [4.78, 5) is 29.0. The van der Waals surface area contributed by atoms with Gasteiger partial charge in [-0.05, 0) is 44.2 Å². The van der Waals surface area contributed by atoms with Gasteiger partial charge in [-0.1, -0.05) is 46.0 Å². The second-order valence-electron chi connectivity index (χ2n) is 9.98. The van der Waals surface area contributed by atoms with Crippen LogP contribution in [0.3, 0.4) is 0 Å². The third-order valence-corrected chi connectivity index (χ3v) is 6.93. The van der Waals surface area contributed by atoms with Crippen LogP contribution in [-0.2, 0) is 11.3 Å². The van der Waals surface area contributed by atoms with Crippen LogP contribution in [0.1, 0.15) is 82.6 Å². The summed E-state index contributed by atoms with van der Waals surface area (Å²) in [6.45, 7) is 7.05. The first-order valence-corrected chi connectivity index (χ1v) is 12.1. The molecule has 3 heterocycles. The maximum atomic E-state index is 13.7. The molecule has 2 amide bonds. The van der Waals surface area contributed by atoms with Crippen molar-refractivity contribution in [1.82, 2.24) is 20.0 Å². The van der Waals surface area contributed by atoms with Crippen molar-refractivity contribution in [2.45, 2.75) is 90.3 Å². The average Bonchev–Trinajstić information content (AvgIpc) is 3.39. The van der Waals surface area contributed by atoms with Crippen LogP contribution in [0.15, 0.2) is 28.9 Å². The van der Waals surface area contributed by atoms with Crippen LogP contribution < -0.4 is 5.32 Å². The summed E-state index contributed by atoms with van der Waals surface area (Å²) in [6.07, 6.45) is 10.5. The predicted octanol–water partition coefficient (Wildman–Crippen LogP) is 4.63. The second kappa shape index (κ2) is 9.51. The number of hydrogen-bond donors (Lipinski definition) is 1. The zero-order chi connectivity index (χ0) is 22.7. The number of nitrogens with zero attached hydrogens (tertiary/aromatic N) is 3. The van der Waals surface area contributed by atoms with E-state index in [1.54, 1.807) is 28.0 Å². The highest BCUT2D eigenvalue weighted by Crippen LogP contribution is 2.31. The molecular weight excluding hydrogens is 404 g/mol. The molecule has 174 valence electrons. The van der Waals surface area contributed by atoms with Crippen molar-refractivity contribution in [1.29, 1.82) is 0 Å². The lowest BCUT2D eigenvalue weighted by atomic mass is 9.91. The van der Waals surface area contributed by atoms with E-state index in [1.807, 2.05) is 13.0 Å². The molecule has 0 radical (unpaired) electrons. The van der Waals surface area contributed by atoms with E-state index >= 15 is 0 Å². The molecule has 1 aliphatic carbocycles. The summed E-state index contributed by atoms with van der Waals surface area (Å²) in [7, 11) is 0. The molecule has 4 rings (SSSR count). The van der Waals surface area contributed by atoms with Crippen LogP contribution in [0.25, 0.3) is 11.5 Å². The Balaban J connectivity index is 1.61. The maximum Gasteiger partial charge on any atom is 0.273 e. The Kier molecular flexibility index (Phi) is 6.72. The van der Waals surface area contributed by atoms with Crippen LogP contribution in [0.4, 0.5) is 0 Å². The first kappa shape index (κ1) is 22.6. The molecule has 0 saturated heterocycles. The molecule has 2 aromatic heterocycles. The third kappa shape index (κ3) is 4.62. The minimum atomic E-state index is -0.978. The Labute approximate surface area is 190 Å². The van der Waals surface area contributed by atoms with Crippen molar-refractivity contribution in [3.05, 3.63) is 30.2 Å². The monoisotopic (exact) mass is 440 g/mol. The van der Waals surface area contributed by atoms with Gasteiger partial charge in [-0.15, -0.1) is 0 Å². The summed E-state index contributed by atoms with van der Waals surface area (Å²) in [5.74, 6) is 0.846. The molecule has 2 aromatic rings. The summed E-state index contributed by atoms with van der Waals surface area (Å²) < 4.78 is 7.16. The fourth-order valence-electron chi connectivity index (χ4n) is 4.86. The first-order chi connectivity index (χ1) is 15.4. The topological polar surface area (TPSA) is 80.4 Å². The molecule has 1 saturated carbocycles. The highest BCUT2D eigenvalue weighted by molar-refractivity contribution is 6.00. The van der Waals surface area contributed by atoms with Crippen molar-refractivity contribution in [2.24, 2.45) is 5.92 Å². The van der Waals surface area contributed by atoms with Crippen molar-refractivity contribution in [3.63, 3.8) is 0 Å². The summed E-state index contributed by atoms with van der Waals surface area (Å²) in [5, 5.41) is 7.93. The molecule has 1 atom stereocenters. The lowest BCUT2D eigenvalue weighted by Crippen LogP contribution is -2.65. The van der Waals surface area contributed by atoms with Crippen LogP contribution >= 0.6 is 0 Å². The molecule has 0 spiro atoms. The van der Waals surface area contributed by atoms with Crippen LogP contribution in [-0.4, -0.2) is 44.6 Å². The zero-order valence-corrected chi connectivity index (χ0v) is 19.6. The largest absolute Gasteiger partial charge is 0.463 e. The van der Waals surface area contributed by atoms with E-state index in [0.29, 0.717) is 36.2 Å². The minimum absolute atomic E-state index is 0.0686. The van der Waals surface area contributed by atoms with Gasteiger partial charge in [0.25, 0.3) is 5.91 Å². The van der Waals surface area contributed by atoms with Gasteiger partial charge in [0.15, 0.2) is 5.76 Å². The van der Waals surface area contributed by atoms with Crippen LogP contribution in [0, 0.1) is 5.92 Å². The van der Waals surface area contributed by atoms with E-state index in [0.717, 1.165) is 32.1 Å². The SMILES string of the molecule is CC(C)CCN1C(=O)c2cc(-c3ccco3)nn2C[C@@]1(C)C(=O)NC1CCCCCCC1. The third-order valence-electron chi connectivity index (χ3n) is 6.93. The minimum Gasteiger partial charge on any atom is -0.463 e. The lowest BCUT2D eigenvalue weighted by Gasteiger charge is -2.44. The zero-order valence-electron chi connectivity index (χ0n) is 19.6. The Hall–Kier alpha value is -2.57. The van der Waals surface area contributed by atoms with Crippen molar-refractivity contribution in [2.75, 3.05) is 6.54 Å². The maximum absolute atomic E-state index is 13.7. The number of carbonyl (C=O) groups is 2. The smallest absolute Gasteiger partial charge is 0.273 e. The predicted molar refractivity (Wildman–Crippen MR) is 123 cm³/mol. The molecule has 7 nitrogen and oxygen atoms in total. The molecule has 0 unspecified atom stereocenters. The number of hydrogen-bond acceptors (Lipinski definition) is 4. The van der Waals surface area contributed by atoms with Gasteiger partial charge in [-0.25, -0.2) is 0 Å². The molecule has 32 heavy (non-hydrogen) atoms. The second-order valence-corrected chi connectivity index (χ2v) is 9.98. The summed E-state index contributed by atoms with van der Waals surface area (Å²) in [5.41, 5.74) is 0.150. The molecule has 1 N–H and O–H groups in total. The van der Waals surface area contributed by atoms with Gasteiger partial charge in [0, 0.05) is 18.7 Å². The number of carbonyl (C=O) groups excluding carboxylic acids is 2. The number of rotatable bonds is 6. The Morgan fingerprint density at radius 1 is 1.25 bits per heavy atom. The number of nitrogens with one attached hydrogen (secondary N) is 1. The summed E-state index contributed by atoms with van der Waals surface area (Å²) in [6, 6.07) is 5.59. The van der Waals surface area contributed by atoms with Gasteiger partial charge in [0.05, 0.1) is 12.8 Å². The molecule has 0 bridgehead atoms. The van der Waals surface area contributed by atoms with Crippen LogP contribution in [0.5, 0.6) is 0 Å². The van der Waals surface area contributed by atoms with E-state index in [9.17, 15) is 9.59 Å². The number of fused-ring (bicyclic) bond motifs is 1.